The van der Waals surface area contributed by atoms with Crippen LogP contribution in [0.1, 0.15) is 58.8 Å². The van der Waals surface area contributed by atoms with Gasteiger partial charge in [0.25, 0.3) is 0 Å². The maximum Gasteiger partial charge on any atom is 0.0767 e. The van der Waals surface area contributed by atoms with E-state index in [4.69, 9.17) is 10.5 Å². The minimum absolute atomic E-state index is 0.105. The molecule has 0 aromatic rings. The van der Waals surface area contributed by atoms with Crippen LogP contribution in [0.4, 0.5) is 0 Å². The van der Waals surface area contributed by atoms with Crippen LogP contribution < -0.4 is 5.73 Å². The van der Waals surface area contributed by atoms with Gasteiger partial charge < -0.3 is 10.5 Å². The Bertz CT molecular complexity index is 292. The van der Waals surface area contributed by atoms with Gasteiger partial charge in [-0.25, -0.2) is 0 Å². The van der Waals surface area contributed by atoms with Crippen molar-refractivity contribution in [1.29, 1.82) is 0 Å². The largest absolute Gasteiger partial charge is 0.379 e. The van der Waals surface area contributed by atoms with Crippen molar-refractivity contribution < 1.29 is 4.74 Å². The van der Waals surface area contributed by atoms with Gasteiger partial charge in [-0.2, -0.15) is 0 Å². The second-order valence-electron chi connectivity index (χ2n) is 7.28. The van der Waals surface area contributed by atoms with Gasteiger partial charge in [0, 0.05) is 13.7 Å². The standard InChI is InChI=1S/C16H32N2O/c1-15(2)8-6-11-18(12-10-15)16(13-17)9-5-4-7-14(16)19-3/h14H,4-13,17H2,1-3H3. The molecule has 0 radical (unpaired) electrons. The van der Waals surface area contributed by atoms with Gasteiger partial charge in [0.1, 0.15) is 0 Å². The molecule has 3 nitrogen and oxygen atoms in total. The molecule has 0 spiro atoms. The summed E-state index contributed by atoms with van der Waals surface area (Å²) in [6.45, 7) is 7.93. The van der Waals surface area contributed by atoms with E-state index in [1.54, 1.807) is 0 Å². The molecule has 2 rings (SSSR count). The highest BCUT2D eigenvalue weighted by Crippen LogP contribution is 2.39. The third-order valence-corrected chi connectivity index (χ3v) is 5.53. The van der Waals surface area contributed by atoms with E-state index in [9.17, 15) is 0 Å². The van der Waals surface area contributed by atoms with Gasteiger partial charge >= 0.3 is 0 Å². The molecule has 3 heteroatoms. The van der Waals surface area contributed by atoms with Crippen LogP contribution in [-0.4, -0.2) is 43.3 Å². The van der Waals surface area contributed by atoms with Crippen LogP contribution in [0.5, 0.6) is 0 Å². The average Bonchev–Trinajstić information content (AvgIpc) is 2.59. The summed E-state index contributed by atoms with van der Waals surface area (Å²) in [6.07, 6.45) is 9.22. The molecule has 112 valence electrons. The zero-order valence-electron chi connectivity index (χ0n) is 13.1. The van der Waals surface area contributed by atoms with Gasteiger partial charge in [-0.1, -0.05) is 26.7 Å². The molecule has 0 amide bonds. The molecule has 1 saturated heterocycles. The molecule has 19 heavy (non-hydrogen) atoms. The molecular weight excluding hydrogens is 236 g/mol. The third kappa shape index (κ3) is 3.14. The van der Waals surface area contributed by atoms with E-state index in [1.807, 2.05) is 7.11 Å². The molecule has 2 aliphatic rings. The molecule has 0 bridgehead atoms. The van der Waals surface area contributed by atoms with Crippen molar-refractivity contribution in [2.75, 3.05) is 26.7 Å². The SMILES string of the molecule is COC1CCCCC1(CN)N1CCCC(C)(C)CC1. The van der Waals surface area contributed by atoms with Crippen LogP contribution in [0.3, 0.4) is 0 Å². The first kappa shape index (κ1) is 15.3. The van der Waals surface area contributed by atoms with Gasteiger partial charge in [-0.15, -0.1) is 0 Å². The summed E-state index contributed by atoms with van der Waals surface area (Å²) in [5, 5.41) is 0. The third-order valence-electron chi connectivity index (χ3n) is 5.53. The van der Waals surface area contributed by atoms with Crippen LogP contribution >= 0.6 is 0 Å². The molecule has 1 aliphatic carbocycles. The van der Waals surface area contributed by atoms with Crippen molar-refractivity contribution in [3.63, 3.8) is 0 Å². The fourth-order valence-corrected chi connectivity index (χ4v) is 4.12. The molecule has 1 saturated carbocycles. The maximum absolute atomic E-state index is 6.23. The van der Waals surface area contributed by atoms with E-state index in [0.717, 1.165) is 6.54 Å². The predicted octanol–water partition coefficient (Wildman–Crippen LogP) is 2.79. The first-order valence-corrected chi connectivity index (χ1v) is 8.02. The summed E-state index contributed by atoms with van der Waals surface area (Å²) in [7, 11) is 1.86. The van der Waals surface area contributed by atoms with Gasteiger partial charge in [0.15, 0.2) is 0 Å². The summed E-state index contributed by atoms with van der Waals surface area (Å²) in [5.41, 5.74) is 6.82. The topological polar surface area (TPSA) is 38.5 Å². The summed E-state index contributed by atoms with van der Waals surface area (Å²) in [4.78, 5) is 2.68. The molecule has 1 aliphatic heterocycles. The Morgan fingerprint density at radius 2 is 1.89 bits per heavy atom. The van der Waals surface area contributed by atoms with Crippen molar-refractivity contribution in [1.82, 2.24) is 4.90 Å². The highest BCUT2D eigenvalue weighted by Gasteiger charge is 2.45. The Labute approximate surface area is 118 Å². The zero-order chi connectivity index (χ0) is 13.9. The van der Waals surface area contributed by atoms with Gasteiger partial charge in [0.2, 0.25) is 0 Å². The lowest BCUT2D eigenvalue weighted by atomic mass is 9.77. The van der Waals surface area contributed by atoms with Crippen molar-refractivity contribution in [3.8, 4) is 0 Å². The molecule has 2 unspecified atom stereocenters. The maximum atomic E-state index is 6.23. The number of hydrogen-bond donors (Lipinski definition) is 1. The van der Waals surface area contributed by atoms with Crippen molar-refractivity contribution in [3.05, 3.63) is 0 Å². The van der Waals surface area contributed by atoms with Crippen LogP contribution in [0, 0.1) is 5.41 Å². The Morgan fingerprint density at radius 1 is 1.11 bits per heavy atom. The lowest BCUT2D eigenvalue weighted by Crippen LogP contribution is -2.63. The van der Waals surface area contributed by atoms with Gasteiger partial charge in [-0.05, 0) is 50.6 Å². The quantitative estimate of drug-likeness (QED) is 0.855. The van der Waals surface area contributed by atoms with Crippen LogP contribution in [-0.2, 0) is 4.74 Å². The minimum Gasteiger partial charge on any atom is -0.379 e. The van der Waals surface area contributed by atoms with Crippen molar-refractivity contribution in [2.45, 2.75) is 70.4 Å². The second-order valence-corrected chi connectivity index (χ2v) is 7.28. The second kappa shape index (κ2) is 6.11. The average molecular weight is 268 g/mol. The molecule has 2 fully saturated rings. The van der Waals surface area contributed by atoms with E-state index >= 15 is 0 Å². The Morgan fingerprint density at radius 3 is 2.58 bits per heavy atom. The van der Waals surface area contributed by atoms with Crippen LogP contribution in [0.2, 0.25) is 0 Å². The van der Waals surface area contributed by atoms with E-state index in [0.29, 0.717) is 11.5 Å². The number of rotatable bonds is 3. The van der Waals surface area contributed by atoms with Crippen molar-refractivity contribution in [2.24, 2.45) is 11.1 Å². The van der Waals surface area contributed by atoms with E-state index in [-0.39, 0.29) is 5.54 Å². The van der Waals surface area contributed by atoms with Crippen molar-refractivity contribution >= 4 is 0 Å². The Hall–Kier alpha value is -0.120. The Kier molecular flexibility index (Phi) is 4.91. The first-order valence-electron chi connectivity index (χ1n) is 8.02. The van der Waals surface area contributed by atoms with E-state index in [1.165, 1.54) is 58.0 Å². The van der Waals surface area contributed by atoms with E-state index < -0.39 is 0 Å². The number of hydrogen-bond acceptors (Lipinski definition) is 3. The molecule has 0 aromatic carbocycles. The monoisotopic (exact) mass is 268 g/mol. The first-order chi connectivity index (χ1) is 9.04. The highest BCUT2D eigenvalue weighted by atomic mass is 16.5. The van der Waals surface area contributed by atoms with E-state index in [2.05, 4.69) is 18.7 Å². The molecule has 0 aromatic heterocycles. The summed E-state index contributed by atoms with van der Waals surface area (Å²) >= 11 is 0. The zero-order valence-corrected chi connectivity index (χ0v) is 13.1. The smallest absolute Gasteiger partial charge is 0.0767 e. The molecule has 2 N–H and O–H groups in total. The number of methoxy groups -OCH3 is 1. The summed E-state index contributed by atoms with van der Waals surface area (Å²) in [6, 6.07) is 0. The fourth-order valence-electron chi connectivity index (χ4n) is 4.12. The number of ether oxygens (including phenoxy) is 1. The molecular formula is C16H32N2O. The summed E-state index contributed by atoms with van der Waals surface area (Å²) in [5.74, 6) is 0. The minimum atomic E-state index is 0.105. The highest BCUT2D eigenvalue weighted by molar-refractivity contribution is 5.02. The van der Waals surface area contributed by atoms with Gasteiger partial charge in [-0.3, -0.25) is 4.90 Å². The molecule has 2 atom stereocenters. The lowest BCUT2D eigenvalue weighted by molar-refractivity contribution is -0.0750. The number of likely N-dealkylation sites (tertiary alicyclic amines) is 1. The molecule has 1 heterocycles. The Balaban J connectivity index is 2.15. The predicted molar refractivity (Wildman–Crippen MR) is 80.3 cm³/mol. The lowest BCUT2D eigenvalue weighted by Gasteiger charge is -2.50. The van der Waals surface area contributed by atoms with Crippen LogP contribution in [0.15, 0.2) is 0 Å². The fraction of sp³-hybridized carbons (Fsp3) is 1.00. The number of nitrogens with zero attached hydrogens (tertiary/aromatic N) is 1. The van der Waals surface area contributed by atoms with Crippen LogP contribution in [0.25, 0.3) is 0 Å². The van der Waals surface area contributed by atoms with Gasteiger partial charge in [0.05, 0.1) is 11.6 Å². The number of nitrogens with two attached hydrogens (primary N) is 1. The normalized spacial score (nSPS) is 36.9. The summed E-state index contributed by atoms with van der Waals surface area (Å²) < 4.78 is 5.82.